The summed E-state index contributed by atoms with van der Waals surface area (Å²) in [7, 11) is -3.87. The molecule has 0 saturated carbocycles. The topological polar surface area (TPSA) is 83.9 Å². The number of carboxylic acid groups (broad SMARTS) is 1. The third kappa shape index (κ3) is 3.75. The zero-order valence-corrected chi connectivity index (χ0v) is 14.0. The van der Waals surface area contributed by atoms with E-state index >= 15 is 0 Å². The summed E-state index contributed by atoms with van der Waals surface area (Å²) in [5, 5.41) is 8.99. The van der Waals surface area contributed by atoms with E-state index in [0.717, 1.165) is 4.31 Å². The second-order valence-electron chi connectivity index (χ2n) is 4.52. The van der Waals surface area contributed by atoms with Gasteiger partial charge in [-0.05, 0) is 18.2 Å². The lowest BCUT2D eigenvalue weighted by atomic mass is 10.2. The van der Waals surface area contributed by atoms with Crippen molar-refractivity contribution in [2.75, 3.05) is 19.8 Å². The van der Waals surface area contributed by atoms with Crippen molar-refractivity contribution in [2.24, 2.45) is 0 Å². The summed E-state index contributed by atoms with van der Waals surface area (Å²) in [6.07, 6.45) is -0.312. The monoisotopic (exact) mass is 397 g/mol. The molecule has 0 radical (unpaired) electrons. The quantitative estimate of drug-likeness (QED) is 0.838. The van der Waals surface area contributed by atoms with E-state index in [1.807, 2.05) is 0 Å². The van der Waals surface area contributed by atoms with Gasteiger partial charge in [-0.2, -0.15) is 4.31 Å². The van der Waals surface area contributed by atoms with Crippen LogP contribution in [0.1, 0.15) is 6.42 Å². The zero-order valence-electron chi connectivity index (χ0n) is 10.8. The van der Waals surface area contributed by atoms with Crippen LogP contribution in [0.2, 0.25) is 5.02 Å². The molecule has 6 nitrogen and oxygen atoms in total. The Balaban J connectivity index is 2.38. The molecule has 0 aliphatic carbocycles. The van der Waals surface area contributed by atoms with Crippen molar-refractivity contribution in [3.8, 4) is 0 Å². The van der Waals surface area contributed by atoms with Crippen LogP contribution in [0.3, 0.4) is 0 Å². The Morgan fingerprint density at radius 1 is 1.52 bits per heavy atom. The maximum Gasteiger partial charge on any atom is 0.305 e. The van der Waals surface area contributed by atoms with Crippen LogP contribution in [-0.4, -0.2) is 49.6 Å². The number of rotatable bonds is 4. The molecule has 0 amide bonds. The fraction of sp³-hybridized carbons (Fsp3) is 0.417. The summed E-state index contributed by atoms with van der Waals surface area (Å²) in [5.41, 5.74) is 0. The van der Waals surface area contributed by atoms with E-state index in [9.17, 15) is 13.2 Å². The molecular formula is C12H13BrClNO5S. The first-order valence-corrected chi connectivity index (χ1v) is 8.70. The molecule has 2 rings (SSSR count). The van der Waals surface area contributed by atoms with Gasteiger partial charge in [0.05, 0.1) is 30.7 Å². The number of hydrogen-bond donors (Lipinski definition) is 1. The van der Waals surface area contributed by atoms with Crippen molar-refractivity contribution in [1.29, 1.82) is 0 Å². The summed E-state index contributed by atoms with van der Waals surface area (Å²) in [6.45, 7) is 0.385. The van der Waals surface area contributed by atoms with Gasteiger partial charge in [0.2, 0.25) is 10.0 Å². The van der Waals surface area contributed by atoms with Gasteiger partial charge in [-0.15, -0.1) is 0 Å². The van der Waals surface area contributed by atoms with Crippen LogP contribution in [-0.2, 0) is 19.6 Å². The standard InChI is InChI=1S/C12H13BrClNO5S/c13-8-1-2-11(10(14)5-8)21(18,19)15-3-4-20-7-9(15)6-12(16)17/h1-2,5,9H,3-4,6-7H2,(H,16,17). The molecule has 21 heavy (non-hydrogen) atoms. The first kappa shape index (κ1) is 16.7. The number of halogens is 2. The maximum absolute atomic E-state index is 12.7. The first-order chi connectivity index (χ1) is 9.82. The fourth-order valence-electron chi connectivity index (χ4n) is 2.13. The molecule has 1 saturated heterocycles. The predicted molar refractivity (Wildman–Crippen MR) is 79.9 cm³/mol. The van der Waals surface area contributed by atoms with Crippen molar-refractivity contribution in [1.82, 2.24) is 4.31 Å². The highest BCUT2D eigenvalue weighted by Gasteiger charge is 2.36. The lowest BCUT2D eigenvalue weighted by Crippen LogP contribution is -2.49. The van der Waals surface area contributed by atoms with Gasteiger partial charge < -0.3 is 9.84 Å². The summed E-state index contributed by atoms with van der Waals surface area (Å²) in [4.78, 5) is 10.8. The van der Waals surface area contributed by atoms with Crippen LogP contribution in [0.5, 0.6) is 0 Å². The fourth-order valence-corrected chi connectivity index (χ4v) is 4.74. The van der Waals surface area contributed by atoms with Crippen molar-refractivity contribution in [2.45, 2.75) is 17.4 Å². The summed E-state index contributed by atoms with van der Waals surface area (Å²) in [5.74, 6) is -1.08. The van der Waals surface area contributed by atoms with Gasteiger partial charge in [0, 0.05) is 11.0 Å². The molecule has 1 atom stereocenters. The summed E-state index contributed by atoms with van der Waals surface area (Å²) in [6, 6.07) is 3.72. The molecule has 116 valence electrons. The van der Waals surface area contributed by atoms with Gasteiger partial charge in [0.1, 0.15) is 4.90 Å². The Bertz CT molecular complexity index is 651. The Labute approximate surface area is 135 Å². The van der Waals surface area contributed by atoms with Crippen molar-refractivity contribution >= 4 is 43.5 Å². The van der Waals surface area contributed by atoms with E-state index in [2.05, 4.69) is 15.9 Å². The highest BCUT2D eigenvalue weighted by molar-refractivity contribution is 9.10. The van der Waals surface area contributed by atoms with Crippen molar-refractivity contribution in [3.63, 3.8) is 0 Å². The number of aliphatic carboxylic acids is 1. The molecule has 1 aliphatic heterocycles. The van der Waals surface area contributed by atoms with Crippen LogP contribution >= 0.6 is 27.5 Å². The number of carbonyl (C=O) groups is 1. The van der Waals surface area contributed by atoms with Crippen molar-refractivity contribution < 1.29 is 23.1 Å². The van der Waals surface area contributed by atoms with Gasteiger partial charge in [-0.3, -0.25) is 4.79 Å². The molecule has 1 aliphatic rings. The van der Waals surface area contributed by atoms with Crippen LogP contribution < -0.4 is 0 Å². The average molecular weight is 399 g/mol. The third-order valence-electron chi connectivity index (χ3n) is 3.06. The Kier molecular flexibility index (Phi) is 5.26. The molecule has 1 unspecified atom stereocenters. The molecule has 0 bridgehead atoms. The van der Waals surface area contributed by atoms with Crippen LogP contribution in [0.15, 0.2) is 27.6 Å². The maximum atomic E-state index is 12.7. The number of hydrogen-bond acceptors (Lipinski definition) is 4. The van der Waals surface area contributed by atoms with Crippen LogP contribution in [0.25, 0.3) is 0 Å². The minimum absolute atomic E-state index is 0.0374. The van der Waals surface area contributed by atoms with E-state index in [1.165, 1.54) is 12.1 Å². The Morgan fingerprint density at radius 2 is 2.24 bits per heavy atom. The number of carboxylic acids is 1. The van der Waals surface area contributed by atoms with Gasteiger partial charge in [-0.25, -0.2) is 8.42 Å². The minimum Gasteiger partial charge on any atom is -0.481 e. The van der Waals surface area contributed by atoms with Crippen LogP contribution in [0, 0.1) is 0 Å². The number of morpholine rings is 1. The SMILES string of the molecule is O=C(O)CC1COCCN1S(=O)(=O)c1ccc(Br)cc1Cl. The minimum atomic E-state index is -3.87. The smallest absolute Gasteiger partial charge is 0.305 e. The first-order valence-electron chi connectivity index (χ1n) is 6.09. The van der Waals surface area contributed by atoms with Crippen LogP contribution in [0.4, 0.5) is 0 Å². The van der Waals surface area contributed by atoms with Gasteiger partial charge in [0.15, 0.2) is 0 Å². The lowest BCUT2D eigenvalue weighted by Gasteiger charge is -2.33. The number of benzene rings is 1. The van der Waals surface area contributed by atoms with E-state index < -0.39 is 22.0 Å². The molecule has 1 fully saturated rings. The largest absolute Gasteiger partial charge is 0.481 e. The van der Waals surface area contributed by atoms with E-state index in [1.54, 1.807) is 6.07 Å². The highest BCUT2D eigenvalue weighted by atomic mass is 79.9. The summed E-state index contributed by atoms with van der Waals surface area (Å²) >= 11 is 9.22. The highest BCUT2D eigenvalue weighted by Crippen LogP contribution is 2.30. The molecule has 1 aromatic rings. The number of nitrogens with zero attached hydrogens (tertiary/aromatic N) is 1. The second-order valence-corrected chi connectivity index (χ2v) is 7.70. The van der Waals surface area contributed by atoms with Crippen molar-refractivity contribution in [3.05, 3.63) is 27.7 Å². The Hall–Kier alpha value is -0.670. The number of ether oxygens (including phenoxy) is 1. The lowest BCUT2D eigenvalue weighted by molar-refractivity contribution is -0.139. The molecule has 0 spiro atoms. The molecule has 0 aromatic heterocycles. The third-order valence-corrected chi connectivity index (χ3v) is 5.99. The zero-order chi connectivity index (χ0) is 15.6. The predicted octanol–water partition coefficient (Wildman–Crippen LogP) is 1.97. The molecule has 1 heterocycles. The second kappa shape index (κ2) is 6.62. The molecule has 1 aromatic carbocycles. The Morgan fingerprint density at radius 3 is 2.86 bits per heavy atom. The molecular weight excluding hydrogens is 386 g/mol. The van der Waals surface area contributed by atoms with E-state index in [0.29, 0.717) is 4.47 Å². The van der Waals surface area contributed by atoms with Gasteiger partial charge in [-0.1, -0.05) is 27.5 Å². The van der Waals surface area contributed by atoms with Gasteiger partial charge >= 0.3 is 5.97 Å². The van der Waals surface area contributed by atoms with E-state index in [-0.39, 0.29) is 36.1 Å². The molecule has 9 heteroatoms. The molecule has 1 N–H and O–H groups in total. The van der Waals surface area contributed by atoms with Gasteiger partial charge in [0.25, 0.3) is 0 Å². The van der Waals surface area contributed by atoms with E-state index in [4.69, 9.17) is 21.4 Å². The normalized spacial score (nSPS) is 20.4. The number of sulfonamides is 1. The summed E-state index contributed by atoms with van der Waals surface area (Å²) < 4.78 is 32.4. The average Bonchev–Trinajstić information content (AvgIpc) is 2.37.